The van der Waals surface area contributed by atoms with Crippen molar-refractivity contribution >= 4 is 16.5 Å². The van der Waals surface area contributed by atoms with Crippen LogP contribution in [0.1, 0.15) is 6.92 Å². The second kappa shape index (κ2) is 16.5. The predicted octanol–water partition coefficient (Wildman–Crippen LogP) is -0.585. The van der Waals surface area contributed by atoms with Gasteiger partial charge in [0.1, 0.15) is 0 Å². The third-order valence-electron chi connectivity index (χ3n) is 1.60. The SMILES string of the molecule is C/C=C/[CH2][Ge].OCCN(CCO)CCO. The van der Waals surface area contributed by atoms with Crippen molar-refractivity contribution in [1.82, 2.24) is 4.90 Å². The Bertz CT molecular complexity index is 120. The minimum atomic E-state index is 0.0694. The maximum Gasteiger partial charge on any atom is 0.0558 e. The van der Waals surface area contributed by atoms with E-state index in [2.05, 4.69) is 28.7 Å². The monoisotopic (exact) mass is 278 g/mol. The number of hydrogen-bond donors (Lipinski definition) is 3. The molecular weight excluding hydrogens is 255 g/mol. The van der Waals surface area contributed by atoms with E-state index in [-0.39, 0.29) is 19.8 Å². The van der Waals surface area contributed by atoms with E-state index >= 15 is 0 Å². The Labute approximate surface area is 101 Å². The van der Waals surface area contributed by atoms with Gasteiger partial charge in [-0.05, 0) is 0 Å². The van der Waals surface area contributed by atoms with Crippen molar-refractivity contribution in [2.75, 3.05) is 39.5 Å². The third kappa shape index (κ3) is 16.8. The Morgan fingerprint density at radius 2 is 1.40 bits per heavy atom. The molecule has 0 amide bonds. The van der Waals surface area contributed by atoms with Crippen LogP contribution in [-0.4, -0.2) is 76.2 Å². The Hall–Kier alpha value is 0.123. The van der Waals surface area contributed by atoms with Crippen molar-refractivity contribution in [2.24, 2.45) is 0 Å². The molecule has 3 radical (unpaired) electrons. The summed E-state index contributed by atoms with van der Waals surface area (Å²) in [6, 6.07) is 0. The molecule has 0 aromatic rings. The molecule has 15 heavy (non-hydrogen) atoms. The van der Waals surface area contributed by atoms with Gasteiger partial charge in [0.15, 0.2) is 0 Å². The van der Waals surface area contributed by atoms with Crippen molar-refractivity contribution in [3.63, 3.8) is 0 Å². The van der Waals surface area contributed by atoms with E-state index in [0.29, 0.717) is 19.6 Å². The molecule has 0 fully saturated rings. The molecule has 0 bridgehead atoms. The maximum absolute atomic E-state index is 8.48. The summed E-state index contributed by atoms with van der Waals surface area (Å²) in [4.78, 5) is 1.79. The minimum absolute atomic E-state index is 0.0694. The molecule has 0 heterocycles. The molecule has 0 atom stereocenters. The zero-order chi connectivity index (χ0) is 11.9. The van der Waals surface area contributed by atoms with Crippen molar-refractivity contribution in [3.8, 4) is 0 Å². The smallest absolute Gasteiger partial charge is 0.0558 e. The molecule has 0 spiro atoms. The summed E-state index contributed by atoms with van der Waals surface area (Å²) < 4.78 is 0. The number of nitrogens with zero attached hydrogens (tertiary/aromatic N) is 1. The van der Waals surface area contributed by atoms with Crippen LogP contribution in [0.3, 0.4) is 0 Å². The normalized spacial score (nSPS) is 10.5. The largest absolute Gasteiger partial charge is 0.395 e. The molecule has 4 nitrogen and oxygen atoms in total. The van der Waals surface area contributed by atoms with E-state index in [1.54, 1.807) is 4.90 Å². The van der Waals surface area contributed by atoms with Crippen molar-refractivity contribution in [2.45, 2.75) is 12.2 Å². The molecule has 0 saturated heterocycles. The van der Waals surface area contributed by atoms with Gasteiger partial charge in [0.2, 0.25) is 0 Å². The van der Waals surface area contributed by atoms with Crippen LogP contribution in [0.25, 0.3) is 0 Å². The van der Waals surface area contributed by atoms with Gasteiger partial charge in [0.05, 0.1) is 19.8 Å². The van der Waals surface area contributed by atoms with Gasteiger partial charge >= 0.3 is 40.8 Å². The standard InChI is InChI=1S/C6H15NO3.C4H7Ge/c8-4-1-7(2-5-9)3-6-10;1-2-3-4-5/h8-10H,1-6H2;2-3H,4H2,1H3/b;3-2+. The number of aliphatic hydroxyl groups excluding tert-OH is 3. The molecule has 0 unspecified atom stereocenters. The first-order chi connectivity index (χ1) is 7.26. The second-order valence-electron chi connectivity index (χ2n) is 2.79. The van der Waals surface area contributed by atoms with E-state index < -0.39 is 0 Å². The molecule has 0 aromatic heterocycles. The molecule has 0 aliphatic heterocycles. The van der Waals surface area contributed by atoms with Crippen molar-refractivity contribution < 1.29 is 15.3 Å². The van der Waals surface area contributed by atoms with Crippen molar-refractivity contribution in [1.29, 1.82) is 0 Å². The molecule has 5 heteroatoms. The van der Waals surface area contributed by atoms with Gasteiger partial charge in [-0.1, -0.05) is 0 Å². The van der Waals surface area contributed by atoms with Crippen LogP contribution in [-0.2, 0) is 0 Å². The summed E-state index contributed by atoms with van der Waals surface area (Å²) in [5.74, 6) is 0. The first kappa shape index (κ1) is 17.5. The quantitative estimate of drug-likeness (QED) is 0.430. The van der Waals surface area contributed by atoms with Gasteiger partial charge in [0, 0.05) is 19.6 Å². The molecule has 0 aromatic carbocycles. The Kier molecular flexibility index (Phi) is 19.3. The zero-order valence-electron chi connectivity index (χ0n) is 9.39. The third-order valence-corrected chi connectivity index (χ3v) is 2.10. The van der Waals surface area contributed by atoms with Crippen LogP contribution in [0.15, 0.2) is 12.2 Å². The van der Waals surface area contributed by atoms with Crippen LogP contribution in [0.5, 0.6) is 0 Å². The van der Waals surface area contributed by atoms with Gasteiger partial charge in [-0.15, -0.1) is 0 Å². The summed E-state index contributed by atoms with van der Waals surface area (Å²) in [5.41, 5.74) is 0. The average molecular weight is 277 g/mol. The van der Waals surface area contributed by atoms with Crippen LogP contribution < -0.4 is 0 Å². The summed E-state index contributed by atoms with van der Waals surface area (Å²) in [5, 5.41) is 26.6. The number of aliphatic hydroxyl groups is 3. The molecule has 0 aliphatic rings. The van der Waals surface area contributed by atoms with Gasteiger partial charge in [-0.2, -0.15) is 0 Å². The number of rotatable bonds is 7. The molecule has 0 aliphatic carbocycles. The van der Waals surface area contributed by atoms with Crippen LogP contribution in [0.2, 0.25) is 5.25 Å². The van der Waals surface area contributed by atoms with E-state index in [0.717, 1.165) is 5.25 Å². The second-order valence-corrected chi connectivity index (χ2v) is 3.64. The summed E-state index contributed by atoms with van der Waals surface area (Å²) in [6.07, 6.45) is 4.18. The zero-order valence-corrected chi connectivity index (χ0v) is 11.5. The molecule has 89 valence electrons. The van der Waals surface area contributed by atoms with Crippen LogP contribution in [0, 0.1) is 0 Å². The molecule has 0 saturated carbocycles. The van der Waals surface area contributed by atoms with Gasteiger partial charge in [-0.3, -0.25) is 4.90 Å². The number of allylic oxidation sites excluding steroid dienone is 2. The fourth-order valence-corrected chi connectivity index (χ4v) is 1.37. The summed E-state index contributed by atoms with van der Waals surface area (Å²) >= 11 is 2.12. The predicted molar refractivity (Wildman–Crippen MR) is 63.1 cm³/mol. The van der Waals surface area contributed by atoms with Gasteiger partial charge < -0.3 is 15.3 Å². The Morgan fingerprint density at radius 3 is 1.53 bits per heavy atom. The first-order valence-electron chi connectivity index (χ1n) is 5.07. The summed E-state index contributed by atoms with van der Waals surface area (Å²) in [6.45, 7) is 3.78. The minimum Gasteiger partial charge on any atom is -0.395 e. The number of hydrogen-bond acceptors (Lipinski definition) is 4. The molecule has 0 rings (SSSR count). The van der Waals surface area contributed by atoms with Gasteiger partial charge in [0.25, 0.3) is 0 Å². The van der Waals surface area contributed by atoms with Crippen molar-refractivity contribution in [3.05, 3.63) is 12.2 Å². The first-order valence-corrected chi connectivity index (χ1v) is 6.55. The molecular formula is C10H22GeNO3. The van der Waals surface area contributed by atoms with E-state index in [1.165, 1.54) is 0 Å². The fraction of sp³-hybridized carbons (Fsp3) is 0.800. The maximum atomic E-state index is 8.48. The van der Waals surface area contributed by atoms with Crippen LogP contribution >= 0.6 is 0 Å². The van der Waals surface area contributed by atoms with Gasteiger partial charge in [-0.25, -0.2) is 0 Å². The molecule has 3 N–H and O–H groups in total. The Balaban J connectivity index is 0. The Morgan fingerprint density at radius 1 is 1.00 bits per heavy atom. The van der Waals surface area contributed by atoms with E-state index in [4.69, 9.17) is 15.3 Å². The fourth-order valence-electron chi connectivity index (χ4n) is 0.878. The average Bonchev–Trinajstić information content (AvgIpc) is 2.21. The summed E-state index contributed by atoms with van der Waals surface area (Å²) in [7, 11) is 0. The van der Waals surface area contributed by atoms with E-state index in [1.807, 2.05) is 6.92 Å². The van der Waals surface area contributed by atoms with Crippen LogP contribution in [0.4, 0.5) is 0 Å². The topological polar surface area (TPSA) is 63.9 Å². The van der Waals surface area contributed by atoms with E-state index in [9.17, 15) is 0 Å².